The fraction of sp³-hybridized carbons (Fsp3) is 0.574. The molecule has 2 N–H and O–H groups in total. The monoisotopic (exact) mass is 1000 g/mol. The van der Waals surface area contributed by atoms with Crippen molar-refractivity contribution in [3.63, 3.8) is 0 Å². The summed E-state index contributed by atoms with van der Waals surface area (Å²) in [5.41, 5.74) is 0. The first-order valence-electron chi connectivity index (χ1n) is 27.2. The van der Waals surface area contributed by atoms with Crippen molar-refractivity contribution in [3.05, 3.63) is 146 Å². The Hall–Kier alpha value is -4.11. The second kappa shape index (κ2) is 49.5. The summed E-state index contributed by atoms with van der Waals surface area (Å²) in [6, 6.07) is -0.917. The topological polar surface area (TPSA) is 111 Å². The minimum atomic E-state index is -4.48. The van der Waals surface area contributed by atoms with Gasteiger partial charge in [-0.15, -0.1) is 0 Å². The summed E-state index contributed by atoms with van der Waals surface area (Å²) in [7, 11) is 1.40. The molecular weight excluding hydrogens is 904 g/mol. The molecule has 71 heavy (non-hydrogen) atoms. The minimum absolute atomic E-state index is 0.0103. The fourth-order valence-electron chi connectivity index (χ4n) is 6.78. The Kier molecular flexibility index (Phi) is 46.6. The number of likely N-dealkylation sites (N-methyl/N-ethyl adjacent to an activating group) is 1. The van der Waals surface area contributed by atoms with E-state index in [1.165, 1.54) is 51.4 Å². The summed E-state index contributed by atoms with van der Waals surface area (Å²) in [5.74, 6) is -0.670. The van der Waals surface area contributed by atoms with Crippen LogP contribution >= 0.6 is 7.82 Å². The van der Waals surface area contributed by atoms with Crippen LogP contribution in [0.4, 0.5) is 0 Å². The first kappa shape index (κ1) is 66.9. The number of ether oxygens (including phenoxy) is 1. The zero-order valence-corrected chi connectivity index (χ0v) is 46.3. The van der Waals surface area contributed by atoms with Gasteiger partial charge in [-0.25, -0.2) is 4.57 Å². The number of phosphoric acid groups is 1. The zero-order chi connectivity index (χ0) is 52.2. The molecule has 0 aliphatic carbocycles. The van der Waals surface area contributed by atoms with Crippen LogP contribution in [-0.2, 0) is 27.9 Å². The first-order valence-corrected chi connectivity index (χ1v) is 28.7. The second-order valence-corrected chi connectivity index (χ2v) is 20.2. The van der Waals surface area contributed by atoms with Crippen molar-refractivity contribution in [2.45, 2.75) is 187 Å². The number of allylic oxidation sites excluding steroid dienone is 23. The number of carbonyl (C=O) groups excluding carboxylic acids is 2. The van der Waals surface area contributed by atoms with Gasteiger partial charge in [-0.1, -0.05) is 225 Å². The van der Waals surface area contributed by atoms with Crippen molar-refractivity contribution in [2.24, 2.45) is 0 Å². The minimum Gasteiger partial charge on any atom is -0.456 e. The van der Waals surface area contributed by atoms with Crippen LogP contribution in [0, 0.1) is 0 Å². The summed E-state index contributed by atoms with van der Waals surface area (Å²) < 4.78 is 30.5. The third-order valence-corrected chi connectivity index (χ3v) is 11.9. The number of quaternary nitrogens is 1. The molecule has 0 aliphatic heterocycles. The van der Waals surface area contributed by atoms with Gasteiger partial charge in [0.15, 0.2) is 0 Å². The Morgan fingerprint density at radius 3 is 1.52 bits per heavy atom. The summed E-state index contributed by atoms with van der Waals surface area (Å²) in [4.78, 5) is 37.5. The van der Waals surface area contributed by atoms with E-state index in [2.05, 4.69) is 86.8 Å². The van der Waals surface area contributed by atoms with Crippen LogP contribution < -0.4 is 5.32 Å². The van der Waals surface area contributed by atoms with Crippen molar-refractivity contribution in [1.29, 1.82) is 0 Å². The van der Waals surface area contributed by atoms with Gasteiger partial charge in [0.25, 0.3) is 0 Å². The maximum absolute atomic E-state index is 13.4. The number of unbranched alkanes of at least 4 members (excludes halogenated alkanes) is 13. The Morgan fingerprint density at radius 1 is 0.521 bits per heavy atom. The number of nitrogens with zero attached hydrogens (tertiary/aromatic N) is 1. The van der Waals surface area contributed by atoms with Gasteiger partial charge in [0.1, 0.15) is 19.3 Å². The predicted octanol–water partition coefficient (Wildman–Crippen LogP) is 16.3. The third-order valence-electron chi connectivity index (χ3n) is 10.9. The van der Waals surface area contributed by atoms with E-state index in [0.717, 1.165) is 77.0 Å². The van der Waals surface area contributed by atoms with Crippen molar-refractivity contribution in [3.8, 4) is 0 Å². The lowest BCUT2D eigenvalue weighted by Crippen LogP contribution is -2.47. The molecule has 0 aromatic heterocycles. The lowest BCUT2D eigenvalue weighted by Gasteiger charge is -2.27. The van der Waals surface area contributed by atoms with Crippen molar-refractivity contribution >= 4 is 19.7 Å². The largest absolute Gasteiger partial charge is 0.472 e. The summed E-state index contributed by atoms with van der Waals surface area (Å²) in [5, 5.41) is 2.97. The summed E-state index contributed by atoms with van der Waals surface area (Å²) >= 11 is 0. The highest BCUT2D eigenvalue weighted by Crippen LogP contribution is 2.43. The molecule has 0 fully saturated rings. The molecule has 0 heterocycles. The van der Waals surface area contributed by atoms with E-state index in [-0.39, 0.29) is 32.0 Å². The van der Waals surface area contributed by atoms with Crippen LogP contribution in [0.15, 0.2) is 146 Å². The van der Waals surface area contributed by atoms with Crippen LogP contribution in [0.1, 0.15) is 175 Å². The fourth-order valence-corrected chi connectivity index (χ4v) is 7.52. The van der Waals surface area contributed by atoms with E-state index in [0.29, 0.717) is 23.9 Å². The van der Waals surface area contributed by atoms with Crippen molar-refractivity contribution in [2.75, 3.05) is 40.9 Å². The number of rotatable bonds is 46. The van der Waals surface area contributed by atoms with Gasteiger partial charge < -0.3 is 19.4 Å². The molecule has 0 radical (unpaired) electrons. The van der Waals surface area contributed by atoms with Gasteiger partial charge in [-0.3, -0.25) is 18.6 Å². The van der Waals surface area contributed by atoms with Gasteiger partial charge in [-0.05, 0) is 83.1 Å². The standard InChI is InChI=1S/C61H99N2O7P/c1-7-10-13-16-19-22-25-28-30-32-34-36-39-42-45-48-51-54-61(65)70-59(52-49-46-43-40-37-27-24-21-18-15-12-9-3)58(57-69-71(66,67)68-56-55-63(4,5)6)62-60(64)53-50-47-44-41-38-35-33-31-29-26-23-20-17-14-11-8-2/h10-11,13-14,16,19-20,22-23,25,28-32,34-36,38-39,44,47,49,52,58-59H,7-9,12,15,17-18,21,24,26-27,33,37,40-43,45-46,48,50-51,53-57H2,1-6H3,(H-,62,64,66,67)/p+1/b13-10-,14-11+,19-16+,23-20+,25-22+,30-28-,31-29+,34-32+,38-35+,39-36+,47-44+,52-49+. The maximum atomic E-state index is 13.4. The van der Waals surface area contributed by atoms with Crippen molar-refractivity contribution in [1.82, 2.24) is 5.32 Å². The van der Waals surface area contributed by atoms with E-state index >= 15 is 0 Å². The molecule has 0 aromatic carbocycles. The van der Waals surface area contributed by atoms with E-state index < -0.39 is 25.9 Å². The lowest BCUT2D eigenvalue weighted by molar-refractivity contribution is -0.870. The lowest BCUT2D eigenvalue weighted by atomic mass is 10.1. The van der Waals surface area contributed by atoms with E-state index in [4.69, 9.17) is 13.8 Å². The third kappa shape index (κ3) is 50.6. The molecule has 10 heteroatoms. The van der Waals surface area contributed by atoms with Crippen LogP contribution in [0.2, 0.25) is 0 Å². The van der Waals surface area contributed by atoms with Gasteiger partial charge in [0, 0.05) is 12.8 Å². The molecule has 0 aromatic rings. The Balaban J connectivity index is 5.62. The highest BCUT2D eigenvalue weighted by Gasteiger charge is 2.30. The maximum Gasteiger partial charge on any atom is 0.472 e. The number of nitrogens with one attached hydrogen (secondary N) is 1. The first-order chi connectivity index (χ1) is 34.4. The molecular formula is C61H100N2O7P+. The Morgan fingerprint density at radius 2 is 0.986 bits per heavy atom. The molecule has 0 aliphatic rings. The molecule has 0 rings (SSSR count). The average molecular weight is 1000 g/mol. The molecule has 0 saturated carbocycles. The molecule has 9 nitrogen and oxygen atoms in total. The Bertz CT molecular complexity index is 1720. The van der Waals surface area contributed by atoms with Crippen LogP contribution in [0.5, 0.6) is 0 Å². The molecule has 3 unspecified atom stereocenters. The Labute approximate surface area is 434 Å². The van der Waals surface area contributed by atoms with E-state index in [1.54, 1.807) is 6.08 Å². The van der Waals surface area contributed by atoms with Gasteiger partial charge in [0.2, 0.25) is 5.91 Å². The van der Waals surface area contributed by atoms with Crippen molar-refractivity contribution < 1.29 is 37.3 Å². The molecule has 0 saturated heterocycles. The SMILES string of the molecule is CC\C=C/C=C/C=C/C=C\C=C\C=C\CCCCCC(=O)OC(/C=C/CCCCCCCCCCCC)C(COP(=O)(O)OCC[N+](C)(C)C)NC(=O)CC/C=C/C/C=C/C/C=C/C/C=C/C/C=C/CC. The van der Waals surface area contributed by atoms with Crippen LogP contribution in [-0.4, -0.2) is 74.3 Å². The normalized spacial score (nSPS) is 15.0. The number of carbonyl (C=O) groups is 2. The number of amides is 1. The number of hydrogen-bond donors (Lipinski definition) is 2. The van der Waals surface area contributed by atoms with Gasteiger partial charge in [0.05, 0.1) is 33.8 Å². The zero-order valence-electron chi connectivity index (χ0n) is 45.4. The predicted molar refractivity (Wildman–Crippen MR) is 304 cm³/mol. The average Bonchev–Trinajstić information content (AvgIpc) is 3.33. The quantitative estimate of drug-likeness (QED) is 0.0156. The highest BCUT2D eigenvalue weighted by molar-refractivity contribution is 7.47. The highest BCUT2D eigenvalue weighted by atomic mass is 31.2. The van der Waals surface area contributed by atoms with Crippen LogP contribution in [0.25, 0.3) is 0 Å². The van der Waals surface area contributed by atoms with Gasteiger partial charge in [-0.2, -0.15) is 0 Å². The second-order valence-electron chi connectivity index (χ2n) is 18.8. The molecule has 1 amide bonds. The summed E-state index contributed by atoms with van der Waals surface area (Å²) in [6.07, 6.45) is 71.5. The summed E-state index contributed by atoms with van der Waals surface area (Å²) in [6.45, 7) is 6.61. The number of phosphoric ester groups is 1. The smallest absolute Gasteiger partial charge is 0.456 e. The van der Waals surface area contributed by atoms with E-state index in [1.807, 2.05) is 100 Å². The number of hydrogen-bond acceptors (Lipinski definition) is 6. The number of esters is 1. The van der Waals surface area contributed by atoms with E-state index in [9.17, 15) is 19.0 Å². The van der Waals surface area contributed by atoms with Gasteiger partial charge >= 0.3 is 13.8 Å². The molecule has 0 bridgehead atoms. The van der Waals surface area contributed by atoms with Crippen LogP contribution in [0.3, 0.4) is 0 Å². The molecule has 0 spiro atoms. The molecule has 3 atom stereocenters. The molecule has 400 valence electrons.